The molecule has 9 heteroatoms. The smallest absolute Gasteiger partial charge is 0.270 e. The van der Waals surface area contributed by atoms with E-state index in [0.29, 0.717) is 23.6 Å². The third-order valence-electron chi connectivity index (χ3n) is 4.62. The van der Waals surface area contributed by atoms with Gasteiger partial charge in [0.15, 0.2) is 5.78 Å². The number of hydrogen-bond donors (Lipinski definition) is 1. The number of ether oxygens (including phenoxy) is 1. The van der Waals surface area contributed by atoms with E-state index in [4.69, 9.17) is 4.74 Å². The molecule has 0 spiro atoms. The van der Waals surface area contributed by atoms with Crippen molar-refractivity contribution in [2.24, 2.45) is 0 Å². The fourth-order valence-corrected chi connectivity index (χ4v) is 4.47. The molecule has 1 aromatic carbocycles. The van der Waals surface area contributed by atoms with Crippen LogP contribution >= 0.6 is 0 Å². The Kier molecular flexibility index (Phi) is 5.85. The number of hydrogen-bond acceptors (Lipinski definition) is 5. The number of aromatic amines is 1. The highest BCUT2D eigenvalue weighted by Gasteiger charge is 2.30. The third kappa shape index (κ3) is 4.10. The number of carbonyl (C=O) groups is 2. The van der Waals surface area contributed by atoms with Crippen molar-refractivity contribution in [3.8, 4) is 5.75 Å². The molecule has 1 N–H and O–H groups in total. The van der Waals surface area contributed by atoms with Crippen LogP contribution in [0.5, 0.6) is 5.75 Å². The van der Waals surface area contributed by atoms with E-state index in [1.54, 1.807) is 17.0 Å². The Morgan fingerprint density at radius 2 is 1.75 bits per heavy atom. The van der Waals surface area contributed by atoms with E-state index in [1.807, 2.05) is 6.92 Å². The van der Waals surface area contributed by atoms with Crippen LogP contribution in [-0.4, -0.2) is 67.1 Å². The van der Waals surface area contributed by atoms with Gasteiger partial charge in [-0.15, -0.1) is 0 Å². The Morgan fingerprint density at radius 1 is 1.11 bits per heavy atom. The second-order valence-electron chi connectivity index (χ2n) is 6.46. The summed E-state index contributed by atoms with van der Waals surface area (Å²) in [5.41, 5.74) is 0.771. The maximum absolute atomic E-state index is 12.8. The zero-order chi connectivity index (χ0) is 20.3. The first-order valence-electron chi connectivity index (χ1n) is 9.04. The number of piperazine rings is 1. The van der Waals surface area contributed by atoms with Gasteiger partial charge < -0.3 is 14.6 Å². The molecule has 3 rings (SSSR count). The SMILES string of the molecule is CCOc1ccc(S(=O)(=O)N2CCN(C(=O)c3cc(C(C)=O)c[nH]3)CC2)cc1. The zero-order valence-corrected chi connectivity index (χ0v) is 16.7. The van der Waals surface area contributed by atoms with E-state index >= 15 is 0 Å². The molecular weight excluding hydrogens is 382 g/mol. The molecule has 1 aliphatic heterocycles. The maximum Gasteiger partial charge on any atom is 0.270 e. The van der Waals surface area contributed by atoms with E-state index in [2.05, 4.69) is 4.98 Å². The fourth-order valence-electron chi connectivity index (χ4n) is 3.05. The predicted octanol–water partition coefficient (Wildman–Crippen LogP) is 1.76. The molecule has 8 nitrogen and oxygen atoms in total. The van der Waals surface area contributed by atoms with Gasteiger partial charge in [-0.1, -0.05) is 0 Å². The van der Waals surface area contributed by atoms with Crippen LogP contribution in [0.2, 0.25) is 0 Å². The summed E-state index contributed by atoms with van der Waals surface area (Å²) in [7, 11) is -3.63. The third-order valence-corrected chi connectivity index (χ3v) is 6.53. The summed E-state index contributed by atoms with van der Waals surface area (Å²) < 4.78 is 32.4. The molecule has 2 aromatic rings. The van der Waals surface area contributed by atoms with Gasteiger partial charge in [-0.05, 0) is 44.2 Å². The molecule has 0 bridgehead atoms. The topological polar surface area (TPSA) is 99.8 Å². The van der Waals surface area contributed by atoms with Gasteiger partial charge in [-0.25, -0.2) is 8.42 Å². The lowest BCUT2D eigenvalue weighted by Gasteiger charge is -2.33. The van der Waals surface area contributed by atoms with Crippen molar-refractivity contribution in [2.75, 3.05) is 32.8 Å². The standard InChI is InChI=1S/C19H23N3O5S/c1-3-27-16-4-6-17(7-5-16)28(25,26)22-10-8-21(9-11-22)19(24)18-12-15(13-20-18)14(2)23/h4-7,12-13,20H,3,8-11H2,1-2H3. The average Bonchev–Trinajstić information content (AvgIpc) is 3.19. The van der Waals surface area contributed by atoms with Crippen molar-refractivity contribution >= 4 is 21.7 Å². The van der Waals surface area contributed by atoms with Gasteiger partial charge in [-0.3, -0.25) is 9.59 Å². The molecular formula is C19H23N3O5S. The summed E-state index contributed by atoms with van der Waals surface area (Å²) in [4.78, 5) is 28.5. The van der Waals surface area contributed by atoms with E-state index in [1.165, 1.54) is 35.6 Å². The minimum absolute atomic E-state index is 0.124. The van der Waals surface area contributed by atoms with Crippen LogP contribution in [0.15, 0.2) is 41.4 Å². The second-order valence-corrected chi connectivity index (χ2v) is 8.40. The van der Waals surface area contributed by atoms with Crippen molar-refractivity contribution in [3.05, 3.63) is 47.8 Å². The maximum atomic E-state index is 12.8. The van der Waals surface area contributed by atoms with Crippen LogP contribution in [0.4, 0.5) is 0 Å². The van der Waals surface area contributed by atoms with Gasteiger partial charge in [0.1, 0.15) is 11.4 Å². The second kappa shape index (κ2) is 8.15. The number of aromatic nitrogens is 1. The average molecular weight is 405 g/mol. The van der Waals surface area contributed by atoms with Crippen molar-refractivity contribution in [1.29, 1.82) is 0 Å². The van der Waals surface area contributed by atoms with Gasteiger partial charge in [0.2, 0.25) is 10.0 Å². The van der Waals surface area contributed by atoms with Gasteiger partial charge in [0, 0.05) is 37.9 Å². The molecule has 0 aliphatic carbocycles. The first kappa shape index (κ1) is 20.1. The molecule has 1 aromatic heterocycles. The van der Waals surface area contributed by atoms with Gasteiger partial charge in [-0.2, -0.15) is 4.31 Å². The largest absolute Gasteiger partial charge is 0.494 e. The molecule has 2 heterocycles. The van der Waals surface area contributed by atoms with Crippen LogP contribution in [0.1, 0.15) is 34.7 Å². The van der Waals surface area contributed by atoms with Gasteiger partial charge in [0.05, 0.1) is 11.5 Å². The number of sulfonamides is 1. The quantitative estimate of drug-likeness (QED) is 0.738. The van der Waals surface area contributed by atoms with E-state index in [-0.39, 0.29) is 42.8 Å². The summed E-state index contributed by atoms with van der Waals surface area (Å²) in [6, 6.07) is 7.84. The number of ketones is 1. The van der Waals surface area contributed by atoms with Crippen molar-refractivity contribution in [1.82, 2.24) is 14.2 Å². The number of carbonyl (C=O) groups excluding carboxylic acids is 2. The van der Waals surface area contributed by atoms with Crippen molar-refractivity contribution in [3.63, 3.8) is 0 Å². The molecule has 1 aliphatic rings. The van der Waals surface area contributed by atoms with Crippen molar-refractivity contribution in [2.45, 2.75) is 18.7 Å². The van der Waals surface area contributed by atoms with Crippen LogP contribution in [-0.2, 0) is 10.0 Å². The molecule has 1 amide bonds. The summed E-state index contributed by atoms with van der Waals surface area (Å²) in [5.74, 6) is 0.250. The summed E-state index contributed by atoms with van der Waals surface area (Å²) in [5, 5.41) is 0. The fraction of sp³-hybridized carbons (Fsp3) is 0.368. The zero-order valence-electron chi connectivity index (χ0n) is 15.8. The summed E-state index contributed by atoms with van der Waals surface area (Å²) in [6.07, 6.45) is 1.50. The molecule has 0 atom stereocenters. The Bertz CT molecular complexity index is 958. The number of rotatable bonds is 6. The Labute approximate surface area is 164 Å². The summed E-state index contributed by atoms with van der Waals surface area (Å²) in [6.45, 7) is 4.79. The van der Waals surface area contributed by atoms with E-state index in [9.17, 15) is 18.0 Å². The Balaban J connectivity index is 1.65. The normalized spacial score (nSPS) is 15.4. The first-order chi connectivity index (χ1) is 13.3. The Morgan fingerprint density at radius 3 is 2.29 bits per heavy atom. The molecule has 28 heavy (non-hydrogen) atoms. The van der Waals surface area contributed by atoms with Gasteiger partial charge >= 0.3 is 0 Å². The highest BCUT2D eigenvalue weighted by molar-refractivity contribution is 7.89. The molecule has 1 saturated heterocycles. The van der Waals surface area contributed by atoms with Crippen LogP contribution in [0.3, 0.4) is 0 Å². The van der Waals surface area contributed by atoms with E-state index in [0.717, 1.165) is 0 Å². The predicted molar refractivity (Wildman–Crippen MR) is 103 cm³/mol. The lowest BCUT2D eigenvalue weighted by Crippen LogP contribution is -2.50. The first-order valence-corrected chi connectivity index (χ1v) is 10.5. The van der Waals surface area contributed by atoms with Crippen LogP contribution in [0.25, 0.3) is 0 Å². The van der Waals surface area contributed by atoms with Crippen LogP contribution < -0.4 is 4.74 Å². The number of nitrogens with zero attached hydrogens (tertiary/aromatic N) is 2. The number of Topliss-reactive ketones (excluding diaryl/α,β-unsaturated/α-hetero) is 1. The number of H-pyrrole nitrogens is 1. The highest BCUT2D eigenvalue weighted by Crippen LogP contribution is 2.21. The highest BCUT2D eigenvalue weighted by atomic mass is 32.2. The number of amides is 1. The molecule has 0 unspecified atom stereocenters. The molecule has 0 radical (unpaired) electrons. The van der Waals surface area contributed by atoms with Gasteiger partial charge in [0.25, 0.3) is 5.91 Å². The number of nitrogens with one attached hydrogen (secondary N) is 1. The summed E-state index contributed by atoms with van der Waals surface area (Å²) >= 11 is 0. The van der Waals surface area contributed by atoms with E-state index < -0.39 is 10.0 Å². The Hall–Kier alpha value is -2.65. The lowest BCUT2D eigenvalue weighted by molar-refractivity contribution is 0.0692. The van der Waals surface area contributed by atoms with Crippen molar-refractivity contribution < 1.29 is 22.7 Å². The molecule has 0 saturated carbocycles. The minimum atomic E-state index is -3.63. The number of benzene rings is 1. The minimum Gasteiger partial charge on any atom is -0.494 e. The monoisotopic (exact) mass is 405 g/mol. The molecule has 1 fully saturated rings. The molecule has 150 valence electrons. The lowest BCUT2D eigenvalue weighted by atomic mass is 10.2. The van der Waals surface area contributed by atoms with Crippen LogP contribution in [0, 0.1) is 0 Å².